The molecule has 3 aromatic heterocycles. The summed E-state index contributed by atoms with van der Waals surface area (Å²) >= 11 is 1.74. The highest BCUT2D eigenvalue weighted by atomic mass is 32.1. The molecular weight excluding hydrogens is 398 g/mol. The Balaban J connectivity index is 0.000000269. The van der Waals surface area contributed by atoms with Gasteiger partial charge < -0.3 is 15.1 Å². The van der Waals surface area contributed by atoms with E-state index in [1.54, 1.807) is 36.7 Å². The molecule has 0 radical (unpaired) electrons. The number of anilines is 3. The molecule has 4 rings (SSSR count). The van der Waals surface area contributed by atoms with Gasteiger partial charge >= 0.3 is 0 Å². The van der Waals surface area contributed by atoms with Crippen LogP contribution in [0.15, 0.2) is 42.2 Å². The summed E-state index contributed by atoms with van der Waals surface area (Å²) < 4.78 is 0. The van der Waals surface area contributed by atoms with Gasteiger partial charge in [-0.25, -0.2) is 19.9 Å². The van der Waals surface area contributed by atoms with Crippen molar-refractivity contribution in [2.75, 3.05) is 36.4 Å². The molecule has 1 aliphatic heterocycles. The Morgan fingerprint density at radius 1 is 1.13 bits per heavy atom. The average Bonchev–Trinajstić information content (AvgIpc) is 3.21. The van der Waals surface area contributed by atoms with Gasteiger partial charge in [-0.1, -0.05) is 6.92 Å². The van der Waals surface area contributed by atoms with Gasteiger partial charge in [0.1, 0.15) is 5.82 Å². The summed E-state index contributed by atoms with van der Waals surface area (Å²) in [6, 6.07) is 5.69. The fraction of sp³-hybridized carbons (Fsp3) is 0.381. The molecule has 3 aromatic rings. The topological polar surface area (TPSA) is 87.1 Å². The number of nitrogens with zero attached hydrogens (tertiary/aromatic N) is 6. The molecule has 0 aliphatic carbocycles. The van der Waals surface area contributed by atoms with Gasteiger partial charge in [-0.05, 0) is 31.5 Å². The van der Waals surface area contributed by atoms with E-state index in [9.17, 15) is 4.79 Å². The fourth-order valence-corrected chi connectivity index (χ4v) is 3.69. The average molecular weight is 426 g/mol. The van der Waals surface area contributed by atoms with Crippen LogP contribution in [-0.4, -0.2) is 56.9 Å². The molecule has 0 unspecified atom stereocenters. The highest BCUT2D eigenvalue weighted by Gasteiger charge is 2.18. The third kappa shape index (κ3) is 6.21. The van der Waals surface area contributed by atoms with Crippen molar-refractivity contribution in [1.29, 1.82) is 0 Å². The quantitative estimate of drug-likeness (QED) is 0.686. The summed E-state index contributed by atoms with van der Waals surface area (Å²) in [6.07, 6.45) is 6.25. The minimum Gasteiger partial charge on any atom is -0.367 e. The molecule has 9 heteroatoms. The Bertz CT molecular complexity index is 922. The Labute approximate surface area is 181 Å². The van der Waals surface area contributed by atoms with E-state index in [0.29, 0.717) is 11.8 Å². The molecule has 1 aliphatic rings. The molecule has 1 amide bonds. The zero-order valence-electron chi connectivity index (χ0n) is 17.6. The molecule has 0 saturated carbocycles. The van der Waals surface area contributed by atoms with Gasteiger partial charge in [-0.2, -0.15) is 0 Å². The molecule has 30 heavy (non-hydrogen) atoms. The predicted octanol–water partition coefficient (Wildman–Crippen LogP) is 3.30. The van der Waals surface area contributed by atoms with Crippen molar-refractivity contribution in [2.24, 2.45) is 0 Å². The molecule has 8 nitrogen and oxygen atoms in total. The highest BCUT2D eigenvalue weighted by molar-refractivity contribution is 7.09. The first-order valence-electron chi connectivity index (χ1n) is 9.96. The number of amides is 1. The number of carbonyl (C=O) groups excluding carboxylic acids is 1. The van der Waals surface area contributed by atoms with Crippen molar-refractivity contribution in [3.05, 3.63) is 52.9 Å². The van der Waals surface area contributed by atoms with E-state index < -0.39 is 0 Å². The molecule has 0 atom stereocenters. The summed E-state index contributed by atoms with van der Waals surface area (Å²) in [5.74, 6) is 1.37. The standard InChI is InChI=1S/C15H18N6O.C6H9NS/c1-12(22)20-7-9-21(10-8-20)13-3-4-14(18-11-13)19-15-16-5-2-6-17-15;1-3-6-7-5(2)4-8-6/h2-6,11H,7-10H2,1H3,(H,16,17,18,19);4H,3H2,1-2H3. The Morgan fingerprint density at radius 3 is 2.37 bits per heavy atom. The number of piperazine rings is 1. The van der Waals surface area contributed by atoms with Gasteiger partial charge in [0, 0.05) is 56.6 Å². The van der Waals surface area contributed by atoms with Crippen LogP contribution in [0.5, 0.6) is 0 Å². The molecule has 1 fully saturated rings. The number of aryl methyl sites for hydroxylation is 2. The summed E-state index contributed by atoms with van der Waals surface area (Å²) in [4.78, 5) is 32.3. The number of hydrogen-bond acceptors (Lipinski definition) is 8. The number of thiazole rings is 1. The normalized spacial score (nSPS) is 13.4. The molecule has 0 spiro atoms. The number of hydrogen-bond donors (Lipinski definition) is 1. The van der Waals surface area contributed by atoms with E-state index >= 15 is 0 Å². The number of pyridine rings is 1. The van der Waals surface area contributed by atoms with Crippen LogP contribution in [-0.2, 0) is 11.2 Å². The first-order valence-corrected chi connectivity index (χ1v) is 10.8. The number of rotatable bonds is 4. The van der Waals surface area contributed by atoms with Gasteiger partial charge in [0.05, 0.1) is 16.9 Å². The highest BCUT2D eigenvalue weighted by Crippen LogP contribution is 2.18. The fourth-order valence-electron chi connectivity index (χ4n) is 2.97. The largest absolute Gasteiger partial charge is 0.367 e. The van der Waals surface area contributed by atoms with Crippen molar-refractivity contribution in [2.45, 2.75) is 27.2 Å². The summed E-state index contributed by atoms with van der Waals surface area (Å²) in [5.41, 5.74) is 2.20. The van der Waals surface area contributed by atoms with E-state index in [1.807, 2.05) is 30.2 Å². The maximum Gasteiger partial charge on any atom is 0.228 e. The SMILES string of the molecule is CC(=O)N1CCN(c2ccc(Nc3ncccn3)nc2)CC1.CCc1nc(C)cs1. The van der Waals surface area contributed by atoms with Crippen LogP contribution in [0.25, 0.3) is 0 Å². The minimum absolute atomic E-state index is 0.139. The first-order chi connectivity index (χ1) is 14.5. The zero-order valence-corrected chi connectivity index (χ0v) is 18.4. The van der Waals surface area contributed by atoms with Crippen molar-refractivity contribution >= 4 is 34.7 Å². The second kappa shape index (κ2) is 10.6. The number of nitrogens with one attached hydrogen (secondary N) is 1. The van der Waals surface area contributed by atoms with E-state index in [1.165, 1.54) is 5.01 Å². The summed E-state index contributed by atoms with van der Waals surface area (Å²) in [5, 5.41) is 6.37. The van der Waals surface area contributed by atoms with E-state index in [-0.39, 0.29) is 5.91 Å². The maximum atomic E-state index is 11.3. The Hall–Kier alpha value is -3.07. The molecule has 1 saturated heterocycles. The van der Waals surface area contributed by atoms with Crippen molar-refractivity contribution in [1.82, 2.24) is 24.8 Å². The maximum absolute atomic E-state index is 11.3. The van der Waals surface area contributed by atoms with Crippen LogP contribution in [0.4, 0.5) is 17.5 Å². The third-order valence-corrected chi connectivity index (χ3v) is 5.72. The van der Waals surface area contributed by atoms with E-state index in [0.717, 1.165) is 44.0 Å². The Kier molecular flexibility index (Phi) is 7.67. The predicted molar refractivity (Wildman–Crippen MR) is 120 cm³/mol. The third-order valence-electron chi connectivity index (χ3n) is 4.61. The van der Waals surface area contributed by atoms with Gasteiger partial charge in [0.2, 0.25) is 11.9 Å². The van der Waals surface area contributed by atoms with Crippen molar-refractivity contribution in [3.8, 4) is 0 Å². The van der Waals surface area contributed by atoms with Gasteiger partial charge in [-0.15, -0.1) is 11.3 Å². The second-order valence-corrected chi connectivity index (χ2v) is 7.77. The second-order valence-electron chi connectivity index (χ2n) is 6.83. The summed E-state index contributed by atoms with van der Waals surface area (Å²) in [6.45, 7) is 8.93. The molecular formula is C21H27N7OS. The van der Waals surface area contributed by atoms with Crippen LogP contribution in [0.1, 0.15) is 24.5 Å². The van der Waals surface area contributed by atoms with E-state index in [4.69, 9.17) is 0 Å². The minimum atomic E-state index is 0.139. The van der Waals surface area contributed by atoms with Gasteiger partial charge in [0.15, 0.2) is 0 Å². The first kappa shape index (κ1) is 21.6. The van der Waals surface area contributed by atoms with Crippen LogP contribution in [0.2, 0.25) is 0 Å². The molecule has 0 aromatic carbocycles. The molecule has 0 bridgehead atoms. The molecule has 4 heterocycles. The monoisotopic (exact) mass is 425 g/mol. The smallest absolute Gasteiger partial charge is 0.228 e. The lowest BCUT2D eigenvalue weighted by Crippen LogP contribution is -2.48. The van der Waals surface area contributed by atoms with Crippen LogP contribution in [0.3, 0.4) is 0 Å². The van der Waals surface area contributed by atoms with Crippen molar-refractivity contribution < 1.29 is 4.79 Å². The van der Waals surface area contributed by atoms with E-state index in [2.05, 4.69) is 42.5 Å². The lowest BCUT2D eigenvalue weighted by Gasteiger charge is -2.35. The van der Waals surface area contributed by atoms with Crippen molar-refractivity contribution in [3.63, 3.8) is 0 Å². The van der Waals surface area contributed by atoms with Gasteiger partial charge in [0.25, 0.3) is 0 Å². The van der Waals surface area contributed by atoms with Gasteiger partial charge in [-0.3, -0.25) is 4.79 Å². The van der Waals surface area contributed by atoms with Crippen LogP contribution < -0.4 is 10.2 Å². The lowest BCUT2D eigenvalue weighted by atomic mass is 10.2. The number of aromatic nitrogens is 4. The zero-order chi connectivity index (χ0) is 21.3. The Morgan fingerprint density at radius 2 is 1.87 bits per heavy atom. The molecule has 1 N–H and O–H groups in total. The molecule has 158 valence electrons. The summed E-state index contributed by atoms with van der Waals surface area (Å²) in [7, 11) is 0. The van der Waals surface area contributed by atoms with Crippen LogP contribution >= 0.6 is 11.3 Å². The number of carbonyl (C=O) groups is 1. The lowest BCUT2D eigenvalue weighted by molar-refractivity contribution is -0.129. The van der Waals surface area contributed by atoms with Crippen LogP contribution in [0, 0.1) is 6.92 Å².